The van der Waals surface area contributed by atoms with Gasteiger partial charge in [-0.25, -0.2) is 9.78 Å². The minimum Gasteiger partial charge on any atom is -0.467 e. The normalized spacial score (nSPS) is 13.1. The van der Waals surface area contributed by atoms with Gasteiger partial charge in [-0.15, -0.1) is 0 Å². The summed E-state index contributed by atoms with van der Waals surface area (Å²) in [6.07, 6.45) is -3.42. The van der Waals surface area contributed by atoms with Crippen LogP contribution in [0.2, 0.25) is 5.02 Å². The largest absolute Gasteiger partial charge is 0.467 e. The van der Waals surface area contributed by atoms with E-state index in [4.69, 9.17) is 11.6 Å². The third-order valence-electron chi connectivity index (χ3n) is 2.67. The van der Waals surface area contributed by atoms with Gasteiger partial charge in [0.25, 0.3) is 0 Å². The molecule has 0 amide bonds. The lowest BCUT2D eigenvalue weighted by molar-refractivity contribution is -0.142. The predicted octanol–water partition coefficient (Wildman–Crippen LogP) is 3.75. The van der Waals surface area contributed by atoms with Crippen LogP contribution < -0.4 is 5.32 Å². The summed E-state index contributed by atoms with van der Waals surface area (Å²) in [5.74, 6) is -0.336. The first-order valence-electron chi connectivity index (χ1n) is 6.22. The average molecular weight is 325 g/mol. The number of carbonyl (C=O) groups excluding carboxylic acids is 1. The molecule has 0 fully saturated rings. The molecule has 1 rings (SSSR count). The lowest BCUT2D eigenvalue weighted by atomic mass is 10.0. The van der Waals surface area contributed by atoms with Crippen molar-refractivity contribution in [2.45, 2.75) is 32.5 Å². The second-order valence-electron chi connectivity index (χ2n) is 4.90. The molecular weight excluding hydrogens is 309 g/mol. The number of hydrogen-bond acceptors (Lipinski definition) is 4. The average Bonchev–Trinajstić information content (AvgIpc) is 2.37. The van der Waals surface area contributed by atoms with Crippen molar-refractivity contribution in [1.29, 1.82) is 0 Å². The molecule has 0 aliphatic carbocycles. The summed E-state index contributed by atoms with van der Waals surface area (Å²) in [7, 11) is 1.24. The van der Waals surface area contributed by atoms with Gasteiger partial charge in [-0.05, 0) is 18.4 Å². The van der Waals surface area contributed by atoms with Gasteiger partial charge in [-0.1, -0.05) is 25.4 Å². The molecule has 1 aromatic heterocycles. The number of anilines is 1. The van der Waals surface area contributed by atoms with Crippen molar-refractivity contribution < 1.29 is 22.7 Å². The van der Waals surface area contributed by atoms with Gasteiger partial charge in [0.2, 0.25) is 0 Å². The molecule has 0 spiro atoms. The van der Waals surface area contributed by atoms with Crippen LogP contribution in [0.25, 0.3) is 0 Å². The first kappa shape index (κ1) is 17.6. The summed E-state index contributed by atoms with van der Waals surface area (Å²) in [6, 6.07) is 0.0392. The van der Waals surface area contributed by atoms with Crippen molar-refractivity contribution >= 4 is 23.4 Å². The molecule has 1 N–H and O–H groups in total. The van der Waals surface area contributed by atoms with Gasteiger partial charge in [-0.2, -0.15) is 13.2 Å². The fourth-order valence-electron chi connectivity index (χ4n) is 1.69. The molecule has 0 aliphatic rings. The van der Waals surface area contributed by atoms with E-state index in [-0.39, 0.29) is 16.8 Å². The first-order valence-corrected chi connectivity index (χ1v) is 6.60. The Hall–Kier alpha value is -1.50. The quantitative estimate of drug-likeness (QED) is 0.838. The zero-order valence-corrected chi connectivity index (χ0v) is 12.5. The molecule has 0 aromatic carbocycles. The third kappa shape index (κ3) is 5.08. The number of ether oxygens (including phenoxy) is 1. The van der Waals surface area contributed by atoms with E-state index in [9.17, 15) is 18.0 Å². The minimum absolute atomic E-state index is 0.0146. The number of nitrogens with zero attached hydrogens (tertiary/aromatic N) is 1. The van der Waals surface area contributed by atoms with Crippen LogP contribution in [0.1, 0.15) is 25.8 Å². The molecule has 0 saturated heterocycles. The first-order chi connectivity index (χ1) is 9.65. The maximum atomic E-state index is 12.5. The molecule has 1 aromatic rings. The summed E-state index contributed by atoms with van der Waals surface area (Å²) in [5, 5.41) is 2.52. The number of carbonyl (C=O) groups is 1. The Morgan fingerprint density at radius 3 is 2.52 bits per heavy atom. The van der Waals surface area contributed by atoms with Gasteiger partial charge in [0.15, 0.2) is 0 Å². The zero-order chi connectivity index (χ0) is 16.2. The Bertz CT molecular complexity index is 507. The monoisotopic (exact) mass is 324 g/mol. The van der Waals surface area contributed by atoms with Crippen molar-refractivity contribution in [1.82, 2.24) is 4.98 Å². The maximum Gasteiger partial charge on any atom is 0.417 e. The van der Waals surface area contributed by atoms with E-state index in [0.29, 0.717) is 12.6 Å². The highest BCUT2D eigenvalue weighted by atomic mass is 35.5. The topological polar surface area (TPSA) is 51.2 Å². The fraction of sp³-hybridized carbons (Fsp3) is 0.538. The highest BCUT2D eigenvalue weighted by Gasteiger charge is 2.32. The van der Waals surface area contributed by atoms with E-state index in [2.05, 4.69) is 15.0 Å². The molecule has 1 atom stereocenters. The van der Waals surface area contributed by atoms with Crippen LogP contribution in [-0.2, 0) is 15.7 Å². The lowest BCUT2D eigenvalue weighted by Crippen LogP contribution is -2.32. The van der Waals surface area contributed by atoms with E-state index in [1.807, 2.05) is 13.8 Å². The van der Waals surface area contributed by atoms with E-state index < -0.39 is 23.8 Å². The van der Waals surface area contributed by atoms with E-state index >= 15 is 0 Å². The van der Waals surface area contributed by atoms with Crippen molar-refractivity contribution in [3.8, 4) is 0 Å². The second-order valence-corrected chi connectivity index (χ2v) is 5.31. The van der Waals surface area contributed by atoms with E-state index in [1.165, 1.54) is 7.11 Å². The Morgan fingerprint density at radius 2 is 2.10 bits per heavy atom. The predicted molar refractivity (Wildman–Crippen MR) is 73.1 cm³/mol. The fourth-order valence-corrected chi connectivity index (χ4v) is 1.91. The third-order valence-corrected chi connectivity index (χ3v) is 2.96. The van der Waals surface area contributed by atoms with Gasteiger partial charge in [-0.3, -0.25) is 0 Å². The van der Waals surface area contributed by atoms with Crippen LogP contribution in [0.4, 0.5) is 19.0 Å². The van der Waals surface area contributed by atoms with Gasteiger partial charge in [0.1, 0.15) is 11.9 Å². The molecule has 0 radical (unpaired) electrons. The summed E-state index contributed by atoms with van der Waals surface area (Å²) >= 11 is 5.79. The molecule has 21 heavy (non-hydrogen) atoms. The van der Waals surface area contributed by atoms with Crippen molar-refractivity contribution in [2.75, 3.05) is 12.4 Å². The maximum absolute atomic E-state index is 12.5. The highest BCUT2D eigenvalue weighted by Crippen LogP contribution is 2.32. The van der Waals surface area contributed by atoms with E-state index in [1.54, 1.807) is 0 Å². The van der Waals surface area contributed by atoms with Gasteiger partial charge >= 0.3 is 12.1 Å². The smallest absolute Gasteiger partial charge is 0.417 e. The van der Waals surface area contributed by atoms with Crippen molar-refractivity contribution in [2.24, 2.45) is 5.92 Å². The zero-order valence-electron chi connectivity index (χ0n) is 11.8. The number of esters is 1. The number of halogens is 4. The van der Waals surface area contributed by atoms with Crippen LogP contribution in [-0.4, -0.2) is 24.1 Å². The van der Waals surface area contributed by atoms with Crippen LogP contribution >= 0.6 is 11.6 Å². The molecule has 118 valence electrons. The van der Waals surface area contributed by atoms with Crippen LogP contribution in [0.3, 0.4) is 0 Å². The van der Waals surface area contributed by atoms with Crippen molar-refractivity contribution in [3.63, 3.8) is 0 Å². The molecule has 0 aliphatic heterocycles. The molecule has 1 unspecified atom stereocenters. The van der Waals surface area contributed by atoms with E-state index in [0.717, 1.165) is 6.07 Å². The highest BCUT2D eigenvalue weighted by molar-refractivity contribution is 6.33. The molecule has 0 saturated carbocycles. The minimum atomic E-state index is -4.52. The van der Waals surface area contributed by atoms with Gasteiger partial charge in [0.05, 0.1) is 17.7 Å². The molecule has 0 bridgehead atoms. The number of methoxy groups -OCH3 is 1. The molecule has 4 nitrogen and oxygen atoms in total. The van der Waals surface area contributed by atoms with Crippen LogP contribution in [0.5, 0.6) is 0 Å². The van der Waals surface area contributed by atoms with Crippen LogP contribution in [0, 0.1) is 5.92 Å². The lowest BCUT2D eigenvalue weighted by Gasteiger charge is -2.19. The summed E-state index contributed by atoms with van der Waals surface area (Å²) in [4.78, 5) is 15.3. The Labute approximate surface area is 125 Å². The van der Waals surface area contributed by atoms with Gasteiger partial charge < -0.3 is 10.1 Å². The SMILES string of the molecule is COC(=O)C(CC(C)C)Nc1ncc(C(F)(F)F)cc1Cl. The van der Waals surface area contributed by atoms with Gasteiger partial charge in [0, 0.05) is 6.20 Å². The Balaban J connectivity index is 2.97. The molecule has 8 heteroatoms. The second kappa shape index (κ2) is 6.98. The number of hydrogen-bond donors (Lipinski definition) is 1. The Kier molecular flexibility index (Phi) is 5.83. The van der Waals surface area contributed by atoms with Crippen LogP contribution in [0.15, 0.2) is 12.3 Å². The number of nitrogens with one attached hydrogen (secondary N) is 1. The number of alkyl halides is 3. The standard InChI is InChI=1S/C13H16ClF3N2O2/c1-7(2)4-10(12(20)21-3)19-11-9(14)5-8(6-18-11)13(15,16)17/h5-7,10H,4H2,1-3H3,(H,18,19). The molecule has 1 heterocycles. The summed E-state index contributed by atoms with van der Waals surface area (Å²) in [6.45, 7) is 3.80. The summed E-state index contributed by atoms with van der Waals surface area (Å²) < 4.78 is 42.2. The van der Waals surface area contributed by atoms with Crippen molar-refractivity contribution in [3.05, 3.63) is 22.8 Å². The Morgan fingerprint density at radius 1 is 1.48 bits per heavy atom. The number of pyridine rings is 1. The number of aromatic nitrogens is 1. The molecular formula is C13H16ClF3N2O2. The summed E-state index contributed by atoms with van der Waals surface area (Å²) in [5.41, 5.74) is -0.948. The number of rotatable bonds is 5.